The highest BCUT2D eigenvalue weighted by atomic mass is 19.1. The molecule has 0 amide bonds. The van der Waals surface area contributed by atoms with Gasteiger partial charge in [-0.15, -0.1) is 0 Å². The molecule has 2 rings (SSSR count). The van der Waals surface area contributed by atoms with Crippen LogP contribution >= 0.6 is 0 Å². The maximum Gasteiger partial charge on any atom is 0.247 e. The minimum absolute atomic E-state index is 0.316. The van der Waals surface area contributed by atoms with Crippen LogP contribution in [0.15, 0.2) is 18.2 Å². The highest BCUT2D eigenvalue weighted by Gasteiger charge is 2.15. The predicted molar refractivity (Wildman–Crippen MR) is 50.1 cm³/mol. The van der Waals surface area contributed by atoms with Crippen LogP contribution in [-0.4, -0.2) is 12.4 Å². The van der Waals surface area contributed by atoms with Gasteiger partial charge in [0.2, 0.25) is 5.84 Å². The second-order valence-corrected chi connectivity index (χ2v) is 3.26. The molecule has 0 atom stereocenters. The van der Waals surface area contributed by atoms with Crippen molar-refractivity contribution in [1.82, 2.24) is 0 Å². The number of nitrogens with one attached hydrogen (secondary N) is 2. The van der Waals surface area contributed by atoms with Crippen LogP contribution in [0.5, 0.6) is 0 Å². The number of hydrogen-bond acceptors (Lipinski definition) is 1. The summed E-state index contributed by atoms with van der Waals surface area (Å²) in [6.45, 7) is 0.908. The van der Waals surface area contributed by atoms with E-state index in [2.05, 4.69) is 10.3 Å². The second kappa shape index (κ2) is 3.74. The van der Waals surface area contributed by atoms with E-state index >= 15 is 0 Å². The van der Waals surface area contributed by atoms with Gasteiger partial charge < -0.3 is 0 Å². The summed E-state index contributed by atoms with van der Waals surface area (Å²) < 4.78 is 25.7. The van der Waals surface area contributed by atoms with Gasteiger partial charge >= 0.3 is 0 Å². The number of halogens is 2. The quantitative estimate of drug-likeness (QED) is 0.679. The van der Waals surface area contributed by atoms with Gasteiger partial charge in [0.15, 0.2) is 11.5 Å². The van der Waals surface area contributed by atoms with Crippen molar-refractivity contribution in [2.75, 3.05) is 11.9 Å². The molecule has 74 valence electrons. The molecule has 0 fully saturated rings. The first-order valence-corrected chi connectivity index (χ1v) is 4.57. The van der Waals surface area contributed by atoms with E-state index in [1.165, 1.54) is 12.1 Å². The molecule has 0 aromatic heterocycles. The summed E-state index contributed by atoms with van der Waals surface area (Å²) in [6, 6.07) is 3.51. The van der Waals surface area contributed by atoms with Gasteiger partial charge in [-0.05, 0) is 18.6 Å². The lowest BCUT2D eigenvalue weighted by atomic mass is 10.2. The van der Waals surface area contributed by atoms with Crippen molar-refractivity contribution in [3.05, 3.63) is 29.8 Å². The Morgan fingerprint density at radius 2 is 2.14 bits per heavy atom. The van der Waals surface area contributed by atoms with Crippen molar-refractivity contribution in [3.63, 3.8) is 0 Å². The fraction of sp³-hybridized carbons (Fsp3) is 0.300. The second-order valence-electron chi connectivity index (χ2n) is 3.26. The summed E-state index contributed by atoms with van der Waals surface area (Å²) >= 11 is 0. The highest BCUT2D eigenvalue weighted by Crippen LogP contribution is 2.15. The molecule has 1 aliphatic heterocycles. The Hall–Kier alpha value is -1.45. The Bertz CT molecular complexity index is 374. The third-order valence-electron chi connectivity index (χ3n) is 2.16. The van der Waals surface area contributed by atoms with Crippen LogP contribution in [0.2, 0.25) is 0 Å². The minimum atomic E-state index is -0.564. The van der Waals surface area contributed by atoms with Crippen LogP contribution in [0, 0.1) is 11.6 Å². The van der Waals surface area contributed by atoms with Crippen molar-refractivity contribution in [2.45, 2.75) is 12.8 Å². The van der Waals surface area contributed by atoms with E-state index in [-0.39, 0.29) is 0 Å². The van der Waals surface area contributed by atoms with Crippen molar-refractivity contribution in [3.8, 4) is 0 Å². The molecule has 2 nitrogen and oxygen atoms in total. The molecular formula is C10H11F2N2+. The van der Waals surface area contributed by atoms with Gasteiger partial charge in [0.1, 0.15) is 5.82 Å². The average molecular weight is 197 g/mol. The van der Waals surface area contributed by atoms with Crippen LogP contribution in [-0.2, 0) is 0 Å². The maximum atomic E-state index is 13.2. The summed E-state index contributed by atoms with van der Waals surface area (Å²) in [6.07, 6.45) is 1.93. The fourth-order valence-corrected chi connectivity index (χ4v) is 1.45. The number of rotatable bonds is 1. The van der Waals surface area contributed by atoms with E-state index in [1.807, 2.05) is 0 Å². The van der Waals surface area contributed by atoms with Gasteiger partial charge in [-0.1, -0.05) is 0 Å². The Morgan fingerprint density at radius 1 is 1.29 bits per heavy atom. The molecule has 0 saturated heterocycles. The standard InChI is InChI=1S/C10H10F2N2/c11-7-3-4-9(8(12)6-7)14-10-2-1-5-13-10/h3-4,6H,1-2,5H2,(H,13,14)/p+1. The van der Waals surface area contributed by atoms with Crippen LogP contribution < -0.4 is 10.3 Å². The Balaban J connectivity index is 2.16. The fourth-order valence-electron chi connectivity index (χ4n) is 1.45. The van der Waals surface area contributed by atoms with Crippen molar-refractivity contribution in [1.29, 1.82) is 0 Å². The molecule has 1 aromatic rings. The Labute approximate surface area is 80.7 Å². The molecular weight excluding hydrogens is 186 g/mol. The smallest absolute Gasteiger partial charge is 0.247 e. The molecule has 0 aliphatic carbocycles. The van der Waals surface area contributed by atoms with Gasteiger partial charge in [-0.3, -0.25) is 4.99 Å². The van der Waals surface area contributed by atoms with Gasteiger partial charge in [0.05, 0.1) is 13.0 Å². The number of amidine groups is 1. The van der Waals surface area contributed by atoms with Crippen LogP contribution in [0.4, 0.5) is 14.5 Å². The van der Waals surface area contributed by atoms with E-state index in [1.54, 1.807) is 0 Å². The van der Waals surface area contributed by atoms with E-state index in [0.29, 0.717) is 5.69 Å². The first-order chi connectivity index (χ1) is 6.75. The van der Waals surface area contributed by atoms with Crippen molar-refractivity contribution in [2.24, 2.45) is 0 Å². The Morgan fingerprint density at radius 3 is 2.79 bits per heavy atom. The molecule has 14 heavy (non-hydrogen) atoms. The predicted octanol–water partition coefficient (Wildman–Crippen LogP) is 0.650. The normalized spacial score (nSPS) is 15.4. The van der Waals surface area contributed by atoms with Gasteiger partial charge in [-0.2, -0.15) is 0 Å². The van der Waals surface area contributed by atoms with Crippen LogP contribution in [0.1, 0.15) is 12.8 Å². The molecule has 1 aliphatic rings. The molecule has 0 radical (unpaired) electrons. The summed E-state index contributed by atoms with van der Waals surface area (Å²) in [4.78, 5) is 3.09. The number of hydrogen-bond donors (Lipinski definition) is 2. The average Bonchev–Trinajstić information content (AvgIpc) is 2.62. The molecule has 0 spiro atoms. The van der Waals surface area contributed by atoms with E-state index in [4.69, 9.17) is 0 Å². The molecule has 2 N–H and O–H groups in total. The lowest BCUT2D eigenvalue weighted by Gasteiger charge is -1.99. The van der Waals surface area contributed by atoms with Crippen molar-refractivity contribution < 1.29 is 13.8 Å². The highest BCUT2D eigenvalue weighted by molar-refractivity contribution is 5.91. The van der Waals surface area contributed by atoms with Crippen molar-refractivity contribution >= 4 is 11.5 Å². The first-order valence-electron chi connectivity index (χ1n) is 4.57. The zero-order chi connectivity index (χ0) is 9.97. The SMILES string of the molecule is Fc1ccc(NC2=[NH+]CCC2)c(F)c1. The lowest BCUT2D eigenvalue weighted by molar-refractivity contribution is -0.447. The zero-order valence-electron chi connectivity index (χ0n) is 7.61. The maximum absolute atomic E-state index is 13.2. The largest absolute Gasteiger partial charge is 0.278 e. The van der Waals surface area contributed by atoms with Crippen LogP contribution in [0.25, 0.3) is 0 Å². The Kier molecular flexibility index (Phi) is 2.43. The molecule has 0 bridgehead atoms. The summed E-state index contributed by atoms with van der Waals surface area (Å²) in [5.74, 6) is -0.223. The third kappa shape index (κ3) is 1.89. The molecule has 0 saturated carbocycles. The topological polar surface area (TPSA) is 26.0 Å². The monoisotopic (exact) mass is 197 g/mol. The van der Waals surface area contributed by atoms with Gasteiger partial charge in [0.25, 0.3) is 0 Å². The number of benzene rings is 1. The summed E-state index contributed by atoms with van der Waals surface area (Å²) in [5.41, 5.74) is 0.316. The molecule has 4 heteroatoms. The number of anilines is 1. The third-order valence-corrected chi connectivity index (χ3v) is 2.16. The molecule has 1 aromatic carbocycles. The molecule has 0 unspecified atom stereocenters. The zero-order valence-corrected chi connectivity index (χ0v) is 7.61. The van der Waals surface area contributed by atoms with E-state index in [0.717, 1.165) is 31.3 Å². The van der Waals surface area contributed by atoms with E-state index in [9.17, 15) is 8.78 Å². The van der Waals surface area contributed by atoms with Crippen LogP contribution in [0.3, 0.4) is 0 Å². The van der Waals surface area contributed by atoms with Gasteiger partial charge in [-0.25, -0.2) is 14.1 Å². The summed E-state index contributed by atoms with van der Waals surface area (Å²) in [7, 11) is 0. The minimum Gasteiger partial charge on any atom is -0.278 e. The first kappa shape index (κ1) is 9.12. The lowest BCUT2D eigenvalue weighted by Crippen LogP contribution is -2.71. The van der Waals surface area contributed by atoms with Gasteiger partial charge in [0, 0.05) is 6.07 Å². The summed E-state index contributed by atoms with van der Waals surface area (Å²) in [5, 5.41) is 2.90. The van der Waals surface area contributed by atoms with E-state index < -0.39 is 11.6 Å². The molecule has 1 heterocycles.